The van der Waals surface area contributed by atoms with E-state index in [1.54, 1.807) is 0 Å². The van der Waals surface area contributed by atoms with Crippen molar-refractivity contribution in [2.75, 3.05) is 13.2 Å². The molecule has 6 heteroatoms. The third kappa shape index (κ3) is 42.4. The molecule has 0 heterocycles. The number of unbranched alkanes of at least 4 members (excludes halogenated alkanes) is 22. The Morgan fingerprint density at radius 1 is 0.382 bits per heavy atom. The first-order valence-corrected chi connectivity index (χ1v) is 23.1. The van der Waals surface area contributed by atoms with E-state index in [4.69, 9.17) is 14.2 Å². The topological polar surface area (TPSA) is 78.9 Å². The lowest BCUT2D eigenvalue weighted by Gasteiger charge is -2.18. The number of carbonyl (C=O) groups is 3. The van der Waals surface area contributed by atoms with E-state index in [0.717, 1.165) is 109 Å². The standard InChI is InChI=1S/C49H86O6/c1-4-7-10-13-16-19-22-23-24-25-28-30-33-36-39-42-48(51)54-45-46(55-49(52)43-40-37-34-31-27-21-18-15-12-9-6-3)44-53-47(50)41-38-35-32-29-26-20-17-14-11-8-5-2/h7,10,15-16,18-19,23-24,46H,4-6,8-9,11-14,17,20-22,25-45H2,1-3H3/b10-7-,18-15-,19-16-,24-23-/t46-/m1/s1. The monoisotopic (exact) mass is 771 g/mol. The van der Waals surface area contributed by atoms with Crippen LogP contribution in [0.2, 0.25) is 0 Å². The Kier molecular flexibility index (Phi) is 42.0. The molecule has 0 aromatic heterocycles. The van der Waals surface area contributed by atoms with Crippen LogP contribution in [0, 0.1) is 0 Å². The zero-order valence-electron chi connectivity index (χ0n) is 36.2. The number of hydrogen-bond donors (Lipinski definition) is 0. The van der Waals surface area contributed by atoms with Gasteiger partial charge in [-0.25, -0.2) is 0 Å². The molecule has 0 aliphatic heterocycles. The van der Waals surface area contributed by atoms with Gasteiger partial charge in [-0.1, -0.05) is 185 Å². The van der Waals surface area contributed by atoms with Crippen molar-refractivity contribution in [2.45, 2.75) is 232 Å². The molecule has 0 saturated heterocycles. The van der Waals surface area contributed by atoms with Gasteiger partial charge in [-0.05, 0) is 70.6 Å². The Bertz CT molecular complexity index is 980. The molecule has 0 aliphatic carbocycles. The van der Waals surface area contributed by atoms with Crippen molar-refractivity contribution in [3.05, 3.63) is 48.6 Å². The molecule has 0 aromatic rings. The first-order valence-electron chi connectivity index (χ1n) is 23.1. The lowest BCUT2D eigenvalue weighted by molar-refractivity contribution is -0.167. The highest BCUT2D eigenvalue weighted by Gasteiger charge is 2.19. The Balaban J connectivity index is 4.39. The van der Waals surface area contributed by atoms with Crippen LogP contribution in [0.25, 0.3) is 0 Å². The molecule has 0 aromatic carbocycles. The van der Waals surface area contributed by atoms with Gasteiger partial charge in [0.2, 0.25) is 0 Å². The summed E-state index contributed by atoms with van der Waals surface area (Å²) in [7, 11) is 0. The van der Waals surface area contributed by atoms with Gasteiger partial charge in [0, 0.05) is 19.3 Å². The van der Waals surface area contributed by atoms with E-state index in [0.29, 0.717) is 19.3 Å². The Hall–Kier alpha value is -2.63. The highest BCUT2D eigenvalue weighted by Crippen LogP contribution is 2.14. The molecule has 6 nitrogen and oxygen atoms in total. The van der Waals surface area contributed by atoms with Gasteiger partial charge in [0.05, 0.1) is 0 Å². The van der Waals surface area contributed by atoms with Crippen LogP contribution in [0.1, 0.15) is 226 Å². The second kappa shape index (κ2) is 44.1. The fourth-order valence-electron chi connectivity index (χ4n) is 6.32. The van der Waals surface area contributed by atoms with E-state index < -0.39 is 6.10 Å². The van der Waals surface area contributed by atoms with Crippen molar-refractivity contribution in [1.29, 1.82) is 0 Å². The average Bonchev–Trinajstić information content (AvgIpc) is 3.18. The summed E-state index contributed by atoms with van der Waals surface area (Å²) in [6, 6.07) is 0. The number of esters is 3. The third-order valence-electron chi connectivity index (χ3n) is 9.82. The minimum atomic E-state index is -0.779. The molecule has 0 fully saturated rings. The van der Waals surface area contributed by atoms with Gasteiger partial charge in [0.1, 0.15) is 13.2 Å². The molecule has 0 amide bonds. The fraction of sp³-hybridized carbons (Fsp3) is 0.776. The van der Waals surface area contributed by atoms with Crippen molar-refractivity contribution in [1.82, 2.24) is 0 Å². The van der Waals surface area contributed by atoms with Gasteiger partial charge in [-0.15, -0.1) is 0 Å². The molecule has 0 N–H and O–H groups in total. The average molecular weight is 771 g/mol. The molecule has 0 rings (SSSR count). The Labute approximate surface area is 339 Å². The summed E-state index contributed by atoms with van der Waals surface area (Å²) >= 11 is 0. The summed E-state index contributed by atoms with van der Waals surface area (Å²) in [4.78, 5) is 37.7. The van der Waals surface area contributed by atoms with Crippen LogP contribution >= 0.6 is 0 Å². The SMILES string of the molecule is CC/C=C\C/C=C\C/C=C\CCCCCCCC(=O)OC[C@@H](COC(=O)CCCCCCCCCCCCC)OC(=O)CCCCCCC/C=C\CCCC. The highest BCUT2D eigenvalue weighted by atomic mass is 16.6. The van der Waals surface area contributed by atoms with Gasteiger partial charge in [-0.2, -0.15) is 0 Å². The van der Waals surface area contributed by atoms with E-state index >= 15 is 0 Å². The Morgan fingerprint density at radius 2 is 0.727 bits per heavy atom. The maximum Gasteiger partial charge on any atom is 0.306 e. The van der Waals surface area contributed by atoms with Crippen LogP contribution in [0.5, 0.6) is 0 Å². The first-order chi connectivity index (χ1) is 27.0. The van der Waals surface area contributed by atoms with Crippen molar-refractivity contribution >= 4 is 17.9 Å². The van der Waals surface area contributed by atoms with E-state index in [1.807, 2.05) is 0 Å². The number of carbonyl (C=O) groups excluding carboxylic acids is 3. The number of allylic oxidation sites excluding steroid dienone is 8. The van der Waals surface area contributed by atoms with Crippen LogP contribution in [0.4, 0.5) is 0 Å². The van der Waals surface area contributed by atoms with E-state index in [2.05, 4.69) is 69.4 Å². The predicted molar refractivity (Wildman–Crippen MR) is 233 cm³/mol. The van der Waals surface area contributed by atoms with Gasteiger partial charge in [0.15, 0.2) is 6.10 Å². The van der Waals surface area contributed by atoms with Gasteiger partial charge in [0.25, 0.3) is 0 Å². The maximum atomic E-state index is 12.7. The second-order valence-corrected chi connectivity index (χ2v) is 15.3. The third-order valence-corrected chi connectivity index (χ3v) is 9.82. The minimum absolute atomic E-state index is 0.0807. The van der Waals surface area contributed by atoms with Crippen LogP contribution < -0.4 is 0 Å². The van der Waals surface area contributed by atoms with Gasteiger partial charge < -0.3 is 14.2 Å². The molecule has 0 radical (unpaired) electrons. The zero-order chi connectivity index (χ0) is 40.1. The summed E-state index contributed by atoms with van der Waals surface area (Å²) in [6.45, 7) is 6.45. The number of rotatable bonds is 41. The number of hydrogen-bond acceptors (Lipinski definition) is 6. The molecular formula is C49H86O6. The molecular weight excluding hydrogens is 685 g/mol. The summed E-state index contributed by atoms with van der Waals surface area (Å²) < 4.78 is 16.7. The van der Waals surface area contributed by atoms with E-state index in [9.17, 15) is 14.4 Å². The first kappa shape index (κ1) is 52.4. The van der Waals surface area contributed by atoms with Crippen molar-refractivity contribution in [3.8, 4) is 0 Å². The fourth-order valence-corrected chi connectivity index (χ4v) is 6.32. The molecule has 0 saturated carbocycles. The van der Waals surface area contributed by atoms with Gasteiger partial charge >= 0.3 is 17.9 Å². The zero-order valence-corrected chi connectivity index (χ0v) is 36.2. The Morgan fingerprint density at radius 3 is 1.18 bits per heavy atom. The van der Waals surface area contributed by atoms with Crippen molar-refractivity contribution in [2.24, 2.45) is 0 Å². The van der Waals surface area contributed by atoms with Crippen LogP contribution in [-0.4, -0.2) is 37.2 Å². The van der Waals surface area contributed by atoms with E-state index in [1.165, 1.54) is 77.0 Å². The highest BCUT2D eigenvalue weighted by molar-refractivity contribution is 5.71. The smallest absolute Gasteiger partial charge is 0.306 e. The number of ether oxygens (including phenoxy) is 3. The van der Waals surface area contributed by atoms with Crippen LogP contribution in [-0.2, 0) is 28.6 Å². The molecule has 0 aliphatic rings. The molecule has 55 heavy (non-hydrogen) atoms. The summed E-state index contributed by atoms with van der Waals surface area (Å²) in [5.74, 6) is -0.909. The molecule has 0 unspecified atom stereocenters. The maximum absolute atomic E-state index is 12.7. The predicted octanol–water partition coefficient (Wildman–Crippen LogP) is 14.8. The van der Waals surface area contributed by atoms with E-state index in [-0.39, 0.29) is 31.1 Å². The molecule has 0 spiro atoms. The second-order valence-electron chi connectivity index (χ2n) is 15.3. The van der Waals surface area contributed by atoms with Gasteiger partial charge in [-0.3, -0.25) is 14.4 Å². The van der Waals surface area contributed by atoms with Crippen LogP contribution in [0.3, 0.4) is 0 Å². The lowest BCUT2D eigenvalue weighted by atomic mass is 10.1. The molecule has 1 atom stereocenters. The molecule has 0 bridgehead atoms. The van der Waals surface area contributed by atoms with Crippen LogP contribution in [0.15, 0.2) is 48.6 Å². The largest absolute Gasteiger partial charge is 0.462 e. The quantitative estimate of drug-likeness (QED) is 0.0267. The van der Waals surface area contributed by atoms with Crippen molar-refractivity contribution in [3.63, 3.8) is 0 Å². The van der Waals surface area contributed by atoms with Crippen molar-refractivity contribution < 1.29 is 28.6 Å². The lowest BCUT2D eigenvalue weighted by Crippen LogP contribution is -2.30. The minimum Gasteiger partial charge on any atom is -0.462 e. The molecule has 318 valence electrons. The summed E-state index contributed by atoms with van der Waals surface area (Å²) in [5, 5.41) is 0. The summed E-state index contributed by atoms with van der Waals surface area (Å²) in [5.41, 5.74) is 0. The summed E-state index contributed by atoms with van der Waals surface area (Å²) in [6.07, 6.45) is 50.9. The normalized spacial score (nSPS) is 12.4.